The molecule has 6 heteroatoms. The zero-order valence-corrected chi connectivity index (χ0v) is 8.01. The molecular weight excluding hydrogens is 214 g/mol. The number of hydrogen-bond acceptors (Lipinski definition) is 4. The van der Waals surface area contributed by atoms with Crippen molar-refractivity contribution in [3.8, 4) is 0 Å². The van der Waals surface area contributed by atoms with Crippen LogP contribution in [0.5, 0.6) is 0 Å². The zero-order valence-electron chi connectivity index (χ0n) is 8.01. The Balaban J connectivity index is 2.45. The Morgan fingerprint density at radius 2 is 2.06 bits per heavy atom. The fourth-order valence-electron chi connectivity index (χ4n) is 1.35. The molecule has 0 radical (unpaired) electrons. The van der Waals surface area contributed by atoms with E-state index in [1.807, 2.05) is 0 Å². The van der Waals surface area contributed by atoms with E-state index in [1.165, 1.54) is 12.1 Å². The Labute approximate surface area is 89.1 Å². The molecule has 2 rings (SSSR count). The van der Waals surface area contributed by atoms with E-state index in [9.17, 15) is 9.59 Å². The third-order valence-electron chi connectivity index (χ3n) is 1.99. The number of oxazole rings is 1. The maximum absolute atomic E-state index is 10.6. The maximum atomic E-state index is 10.6. The van der Waals surface area contributed by atoms with Gasteiger partial charge in [0.1, 0.15) is 5.52 Å². The van der Waals surface area contributed by atoms with Gasteiger partial charge in [0.05, 0.1) is 6.42 Å². The molecule has 0 amide bonds. The van der Waals surface area contributed by atoms with E-state index < -0.39 is 17.8 Å². The van der Waals surface area contributed by atoms with Gasteiger partial charge in [-0.3, -0.25) is 4.79 Å². The number of rotatable bonds is 3. The minimum absolute atomic E-state index is 0.140. The first-order valence-electron chi connectivity index (χ1n) is 4.41. The standard InChI is InChI=1S/C10H7NO5/c12-8(13)4-5-1-2-6-7(3-5)16-9(11-6)10(14)15/h1-3H,4H2,(H,12,13)(H,14,15). The summed E-state index contributed by atoms with van der Waals surface area (Å²) in [7, 11) is 0. The zero-order chi connectivity index (χ0) is 11.7. The highest BCUT2D eigenvalue weighted by molar-refractivity contribution is 5.87. The van der Waals surface area contributed by atoms with Gasteiger partial charge in [-0.2, -0.15) is 0 Å². The SMILES string of the molecule is O=C(O)Cc1ccc2nc(C(=O)O)oc2c1. The molecule has 0 fully saturated rings. The number of aromatic nitrogens is 1. The van der Waals surface area contributed by atoms with Crippen molar-refractivity contribution in [3.05, 3.63) is 29.7 Å². The Morgan fingerprint density at radius 3 is 2.69 bits per heavy atom. The van der Waals surface area contributed by atoms with E-state index in [2.05, 4.69) is 4.98 Å². The van der Waals surface area contributed by atoms with E-state index >= 15 is 0 Å². The number of hydrogen-bond donors (Lipinski definition) is 2. The van der Waals surface area contributed by atoms with Crippen molar-refractivity contribution >= 4 is 23.0 Å². The highest BCUT2D eigenvalue weighted by Gasteiger charge is 2.13. The minimum atomic E-state index is -1.25. The summed E-state index contributed by atoms with van der Waals surface area (Å²) >= 11 is 0. The molecule has 0 aliphatic carbocycles. The van der Waals surface area contributed by atoms with Gasteiger partial charge in [-0.15, -0.1) is 0 Å². The van der Waals surface area contributed by atoms with Crippen molar-refractivity contribution in [1.82, 2.24) is 4.98 Å². The monoisotopic (exact) mass is 221 g/mol. The van der Waals surface area contributed by atoms with Crippen LogP contribution in [0, 0.1) is 0 Å². The van der Waals surface area contributed by atoms with Crippen LogP contribution in [-0.2, 0) is 11.2 Å². The number of carboxylic acid groups (broad SMARTS) is 2. The topological polar surface area (TPSA) is 101 Å². The number of nitrogens with zero attached hydrogens (tertiary/aromatic N) is 1. The summed E-state index contributed by atoms with van der Waals surface area (Å²) in [5.41, 5.74) is 1.20. The third-order valence-corrected chi connectivity index (χ3v) is 1.99. The summed E-state index contributed by atoms with van der Waals surface area (Å²) < 4.78 is 4.95. The minimum Gasteiger partial charge on any atom is -0.481 e. The molecule has 1 aromatic heterocycles. The van der Waals surface area contributed by atoms with Crippen molar-refractivity contribution in [2.75, 3.05) is 0 Å². The molecule has 0 unspecified atom stereocenters. The molecule has 2 N–H and O–H groups in total. The fraction of sp³-hybridized carbons (Fsp3) is 0.100. The molecule has 0 aliphatic rings. The van der Waals surface area contributed by atoms with Gasteiger partial charge >= 0.3 is 17.8 Å². The first-order chi connectivity index (χ1) is 7.56. The van der Waals surface area contributed by atoms with E-state index in [-0.39, 0.29) is 12.0 Å². The van der Waals surface area contributed by atoms with Gasteiger partial charge in [0.2, 0.25) is 0 Å². The second kappa shape index (κ2) is 3.65. The number of benzene rings is 1. The molecule has 0 saturated heterocycles. The van der Waals surface area contributed by atoms with E-state index in [0.29, 0.717) is 11.1 Å². The van der Waals surface area contributed by atoms with E-state index in [4.69, 9.17) is 14.6 Å². The highest BCUT2D eigenvalue weighted by atomic mass is 16.4. The number of carbonyl (C=O) groups is 2. The molecule has 2 aromatic rings. The van der Waals surface area contributed by atoms with Crippen molar-refractivity contribution in [2.45, 2.75) is 6.42 Å². The van der Waals surface area contributed by atoms with Crippen LogP contribution in [0.4, 0.5) is 0 Å². The summed E-state index contributed by atoms with van der Waals surface area (Å²) in [6.07, 6.45) is -0.140. The number of aromatic carboxylic acids is 1. The van der Waals surface area contributed by atoms with Gasteiger partial charge in [-0.25, -0.2) is 9.78 Å². The molecule has 0 saturated carbocycles. The molecule has 1 heterocycles. The fourth-order valence-corrected chi connectivity index (χ4v) is 1.35. The molecule has 16 heavy (non-hydrogen) atoms. The molecule has 1 aromatic carbocycles. The quantitative estimate of drug-likeness (QED) is 0.806. The van der Waals surface area contributed by atoms with Crippen molar-refractivity contribution < 1.29 is 24.2 Å². The van der Waals surface area contributed by atoms with Gasteiger partial charge < -0.3 is 14.6 Å². The van der Waals surface area contributed by atoms with Crippen molar-refractivity contribution in [2.24, 2.45) is 0 Å². The molecular formula is C10H7NO5. The maximum Gasteiger partial charge on any atom is 0.392 e. The largest absolute Gasteiger partial charge is 0.481 e. The average molecular weight is 221 g/mol. The third kappa shape index (κ3) is 1.85. The lowest BCUT2D eigenvalue weighted by molar-refractivity contribution is -0.136. The summed E-state index contributed by atoms with van der Waals surface area (Å²) in [6.45, 7) is 0. The van der Waals surface area contributed by atoms with Crippen LogP contribution in [0.25, 0.3) is 11.1 Å². The molecule has 0 aliphatic heterocycles. The number of fused-ring (bicyclic) bond motifs is 1. The lowest BCUT2D eigenvalue weighted by atomic mass is 10.1. The van der Waals surface area contributed by atoms with E-state index in [1.54, 1.807) is 6.07 Å². The van der Waals surface area contributed by atoms with Crippen LogP contribution in [0.3, 0.4) is 0 Å². The lowest BCUT2D eigenvalue weighted by Crippen LogP contribution is -1.99. The Morgan fingerprint density at radius 1 is 1.31 bits per heavy atom. The summed E-state index contributed by atoms with van der Waals surface area (Å²) in [5, 5.41) is 17.2. The summed E-state index contributed by atoms with van der Waals surface area (Å²) in [5.74, 6) is -2.62. The van der Waals surface area contributed by atoms with Gasteiger partial charge in [0.25, 0.3) is 0 Å². The summed E-state index contributed by atoms with van der Waals surface area (Å²) in [6, 6.07) is 4.58. The average Bonchev–Trinajstić information content (AvgIpc) is 2.59. The van der Waals surface area contributed by atoms with Crippen LogP contribution in [-0.4, -0.2) is 27.1 Å². The molecule has 6 nitrogen and oxygen atoms in total. The Hall–Kier alpha value is -2.37. The molecule has 0 spiro atoms. The molecule has 0 atom stereocenters. The van der Waals surface area contributed by atoms with Crippen LogP contribution in [0.1, 0.15) is 16.2 Å². The Bertz CT molecular complexity index is 572. The van der Waals surface area contributed by atoms with Gasteiger partial charge in [-0.1, -0.05) is 6.07 Å². The van der Waals surface area contributed by atoms with Crippen molar-refractivity contribution in [1.29, 1.82) is 0 Å². The first-order valence-corrected chi connectivity index (χ1v) is 4.41. The number of carboxylic acids is 2. The lowest BCUT2D eigenvalue weighted by Gasteiger charge is -1.94. The highest BCUT2D eigenvalue weighted by Crippen LogP contribution is 2.17. The number of aliphatic carboxylic acids is 1. The second-order valence-electron chi connectivity index (χ2n) is 3.20. The summed E-state index contributed by atoms with van der Waals surface area (Å²) in [4.78, 5) is 24.8. The van der Waals surface area contributed by atoms with Crippen molar-refractivity contribution in [3.63, 3.8) is 0 Å². The Kier molecular flexibility index (Phi) is 2.32. The van der Waals surface area contributed by atoms with Gasteiger partial charge in [-0.05, 0) is 17.7 Å². The van der Waals surface area contributed by atoms with Crippen LogP contribution in [0.2, 0.25) is 0 Å². The normalized spacial score (nSPS) is 10.5. The smallest absolute Gasteiger partial charge is 0.392 e. The predicted octanol–water partition coefficient (Wildman–Crippen LogP) is 1.15. The predicted molar refractivity (Wildman–Crippen MR) is 52.3 cm³/mol. The molecule has 82 valence electrons. The first kappa shape index (κ1) is 10.2. The van der Waals surface area contributed by atoms with Crippen LogP contribution in [0.15, 0.2) is 22.6 Å². The van der Waals surface area contributed by atoms with Crippen LogP contribution >= 0.6 is 0 Å². The molecule has 0 bridgehead atoms. The van der Waals surface area contributed by atoms with E-state index in [0.717, 1.165) is 0 Å². The van der Waals surface area contributed by atoms with Crippen LogP contribution < -0.4 is 0 Å². The second-order valence-corrected chi connectivity index (χ2v) is 3.20. The van der Waals surface area contributed by atoms with Gasteiger partial charge in [0.15, 0.2) is 5.58 Å². The van der Waals surface area contributed by atoms with Gasteiger partial charge in [0, 0.05) is 0 Å².